The van der Waals surface area contributed by atoms with E-state index < -0.39 is 0 Å². The molecule has 1 aliphatic heterocycles. The van der Waals surface area contributed by atoms with Crippen LogP contribution in [0.2, 0.25) is 0 Å². The number of benzene rings is 1. The van der Waals surface area contributed by atoms with E-state index in [0.717, 1.165) is 48.9 Å². The minimum absolute atomic E-state index is 0.359. The molecular formula is C18H23N3O2. The van der Waals surface area contributed by atoms with E-state index in [1.54, 1.807) is 14.2 Å². The molecule has 0 N–H and O–H groups in total. The smallest absolute Gasteiger partial charge is 0.159 e. The van der Waals surface area contributed by atoms with Gasteiger partial charge in [0.05, 0.1) is 25.5 Å². The summed E-state index contributed by atoms with van der Waals surface area (Å²) in [6, 6.07) is 10.3. The average Bonchev–Trinajstić information content (AvgIpc) is 3.08. The molecule has 1 aromatic carbocycles. The fraction of sp³-hybridized carbons (Fsp3) is 0.444. The van der Waals surface area contributed by atoms with E-state index in [2.05, 4.69) is 9.88 Å². The van der Waals surface area contributed by atoms with Gasteiger partial charge in [0, 0.05) is 25.4 Å². The molecule has 0 amide bonds. The Morgan fingerprint density at radius 3 is 3.00 bits per heavy atom. The molecule has 5 nitrogen and oxygen atoms in total. The molecule has 1 unspecified atom stereocenters. The Bertz CT molecular complexity index is 648. The normalized spacial score (nSPS) is 18.3. The van der Waals surface area contributed by atoms with Gasteiger partial charge in [-0.2, -0.15) is 0 Å². The van der Waals surface area contributed by atoms with Gasteiger partial charge in [-0.05, 0) is 37.6 Å². The first-order valence-electron chi connectivity index (χ1n) is 8.02. The molecule has 5 heteroatoms. The lowest BCUT2D eigenvalue weighted by Gasteiger charge is -2.23. The minimum atomic E-state index is 0.359. The zero-order valence-electron chi connectivity index (χ0n) is 13.7. The monoisotopic (exact) mass is 313 g/mol. The topological polar surface area (TPSA) is 47.5 Å². The van der Waals surface area contributed by atoms with Crippen LogP contribution in [0.4, 0.5) is 0 Å². The summed E-state index contributed by atoms with van der Waals surface area (Å²) in [5.41, 5.74) is 2.07. The first kappa shape index (κ1) is 15.9. The molecule has 1 saturated heterocycles. The van der Waals surface area contributed by atoms with E-state index in [4.69, 9.17) is 14.5 Å². The second-order valence-corrected chi connectivity index (χ2v) is 5.72. The summed E-state index contributed by atoms with van der Waals surface area (Å²) in [5.74, 6) is 1.57. The van der Waals surface area contributed by atoms with Gasteiger partial charge in [0.1, 0.15) is 5.75 Å². The van der Waals surface area contributed by atoms with E-state index in [0.29, 0.717) is 6.04 Å². The number of aromatic nitrogens is 2. The number of rotatable bonds is 6. The molecule has 3 rings (SSSR count). The molecule has 2 aromatic rings. The summed E-state index contributed by atoms with van der Waals surface area (Å²) in [6.07, 6.45) is 4.19. The molecule has 0 radical (unpaired) electrons. The second-order valence-electron chi connectivity index (χ2n) is 5.72. The largest absolute Gasteiger partial charge is 0.497 e. The standard InChI is InChI=1S/C18H23N3O2/c1-22-12-11-21-10-4-7-17(21)16-8-9-19-18(20-16)14-5-3-6-15(13-14)23-2/h3,5-6,8-9,13,17H,4,7,10-12H2,1-2H3. The Kier molecular flexibility index (Phi) is 5.20. The molecular weight excluding hydrogens is 290 g/mol. The quantitative estimate of drug-likeness (QED) is 0.820. The summed E-state index contributed by atoms with van der Waals surface area (Å²) in [4.78, 5) is 11.7. The fourth-order valence-corrected chi connectivity index (χ4v) is 3.10. The maximum absolute atomic E-state index is 5.29. The number of hydrogen-bond acceptors (Lipinski definition) is 5. The fourth-order valence-electron chi connectivity index (χ4n) is 3.10. The van der Waals surface area contributed by atoms with Crippen molar-refractivity contribution in [1.82, 2.24) is 14.9 Å². The molecule has 0 saturated carbocycles. The summed E-state index contributed by atoms with van der Waals surface area (Å²) in [5, 5.41) is 0. The van der Waals surface area contributed by atoms with Crippen LogP contribution in [0.25, 0.3) is 11.4 Å². The number of ether oxygens (including phenoxy) is 2. The first-order valence-corrected chi connectivity index (χ1v) is 8.02. The zero-order valence-corrected chi connectivity index (χ0v) is 13.7. The van der Waals surface area contributed by atoms with Crippen molar-refractivity contribution in [2.24, 2.45) is 0 Å². The number of methoxy groups -OCH3 is 2. The number of nitrogens with zero attached hydrogens (tertiary/aromatic N) is 3. The van der Waals surface area contributed by atoms with Crippen molar-refractivity contribution < 1.29 is 9.47 Å². The molecule has 1 atom stereocenters. The van der Waals surface area contributed by atoms with E-state index in [9.17, 15) is 0 Å². The van der Waals surface area contributed by atoms with Gasteiger partial charge >= 0.3 is 0 Å². The molecule has 1 aromatic heterocycles. The molecule has 23 heavy (non-hydrogen) atoms. The lowest BCUT2D eigenvalue weighted by Crippen LogP contribution is -2.27. The zero-order chi connectivity index (χ0) is 16.1. The van der Waals surface area contributed by atoms with Crippen LogP contribution >= 0.6 is 0 Å². The molecule has 0 spiro atoms. The van der Waals surface area contributed by atoms with Crippen LogP contribution in [0.5, 0.6) is 5.75 Å². The minimum Gasteiger partial charge on any atom is -0.497 e. The van der Waals surface area contributed by atoms with Gasteiger partial charge in [-0.25, -0.2) is 9.97 Å². The molecule has 0 bridgehead atoms. The highest BCUT2D eigenvalue weighted by atomic mass is 16.5. The third kappa shape index (κ3) is 3.68. The molecule has 0 aliphatic carbocycles. The summed E-state index contributed by atoms with van der Waals surface area (Å²) in [7, 11) is 3.42. The Morgan fingerprint density at radius 1 is 1.26 bits per heavy atom. The van der Waals surface area contributed by atoms with Crippen molar-refractivity contribution in [3.05, 3.63) is 42.2 Å². The Labute approximate surface area is 137 Å². The summed E-state index contributed by atoms with van der Waals surface area (Å²) >= 11 is 0. The third-order valence-electron chi connectivity index (χ3n) is 4.29. The van der Waals surface area contributed by atoms with E-state index in [-0.39, 0.29) is 0 Å². The molecule has 1 fully saturated rings. The maximum Gasteiger partial charge on any atom is 0.159 e. The third-order valence-corrected chi connectivity index (χ3v) is 4.29. The predicted molar refractivity (Wildman–Crippen MR) is 89.4 cm³/mol. The highest BCUT2D eigenvalue weighted by Crippen LogP contribution is 2.31. The summed E-state index contributed by atoms with van der Waals surface area (Å²) in [6.45, 7) is 2.80. The van der Waals surface area contributed by atoms with Gasteiger partial charge < -0.3 is 9.47 Å². The van der Waals surface area contributed by atoms with E-state index in [1.165, 1.54) is 6.42 Å². The highest BCUT2D eigenvalue weighted by molar-refractivity contribution is 5.57. The molecule has 1 aliphatic rings. The Balaban J connectivity index is 1.84. The van der Waals surface area contributed by atoms with Crippen LogP contribution < -0.4 is 4.74 Å². The summed E-state index contributed by atoms with van der Waals surface area (Å²) < 4.78 is 10.5. The molecule has 122 valence electrons. The van der Waals surface area contributed by atoms with Gasteiger partial charge in [-0.15, -0.1) is 0 Å². The predicted octanol–water partition coefficient (Wildman–Crippen LogP) is 2.94. The maximum atomic E-state index is 5.29. The lowest BCUT2D eigenvalue weighted by molar-refractivity contribution is 0.140. The van der Waals surface area contributed by atoms with Gasteiger partial charge in [0.15, 0.2) is 5.82 Å². The van der Waals surface area contributed by atoms with Crippen molar-refractivity contribution in [2.45, 2.75) is 18.9 Å². The number of hydrogen-bond donors (Lipinski definition) is 0. The molecule has 2 heterocycles. The van der Waals surface area contributed by atoms with Crippen molar-refractivity contribution in [3.8, 4) is 17.1 Å². The van der Waals surface area contributed by atoms with Crippen molar-refractivity contribution in [3.63, 3.8) is 0 Å². The van der Waals surface area contributed by atoms with Gasteiger partial charge in [-0.1, -0.05) is 12.1 Å². The van der Waals surface area contributed by atoms with Crippen LogP contribution in [0.3, 0.4) is 0 Å². The van der Waals surface area contributed by atoms with Crippen LogP contribution in [0, 0.1) is 0 Å². The van der Waals surface area contributed by atoms with E-state index >= 15 is 0 Å². The average molecular weight is 313 g/mol. The second kappa shape index (κ2) is 7.53. The van der Waals surface area contributed by atoms with Crippen LogP contribution in [0.15, 0.2) is 36.5 Å². The Hall–Kier alpha value is -1.98. The van der Waals surface area contributed by atoms with Gasteiger partial charge in [-0.3, -0.25) is 4.90 Å². The van der Waals surface area contributed by atoms with Crippen LogP contribution in [-0.2, 0) is 4.74 Å². The van der Waals surface area contributed by atoms with Gasteiger partial charge in [0.2, 0.25) is 0 Å². The first-order chi connectivity index (χ1) is 11.3. The van der Waals surface area contributed by atoms with Crippen LogP contribution in [0.1, 0.15) is 24.6 Å². The van der Waals surface area contributed by atoms with Gasteiger partial charge in [0.25, 0.3) is 0 Å². The number of likely N-dealkylation sites (tertiary alicyclic amines) is 1. The lowest BCUT2D eigenvalue weighted by atomic mass is 10.1. The van der Waals surface area contributed by atoms with Crippen LogP contribution in [-0.4, -0.2) is 48.8 Å². The van der Waals surface area contributed by atoms with E-state index in [1.807, 2.05) is 36.5 Å². The van der Waals surface area contributed by atoms with Crippen molar-refractivity contribution in [1.29, 1.82) is 0 Å². The van der Waals surface area contributed by atoms with Crippen molar-refractivity contribution in [2.75, 3.05) is 33.9 Å². The SMILES string of the molecule is COCCN1CCCC1c1ccnc(-c2cccc(OC)c2)n1. The highest BCUT2D eigenvalue weighted by Gasteiger charge is 2.27. The Morgan fingerprint density at radius 2 is 2.17 bits per heavy atom. The van der Waals surface area contributed by atoms with Crippen molar-refractivity contribution >= 4 is 0 Å².